The number of carbonyl (C=O) groups is 2. The van der Waals surface area contributed by atoms with Gasteiger partial charge in [0, 0.05) is 36.6 Å². The Morgan fingerprint density at radius 1 is 1.23 bits per heavy atom. The summed E-state index contributed by atoms with van der Waals surface area (Å²) in [4.78, 5) is 25.4. The summed E-state index contributed by atoms with van der Waals surface area (Å²) in [7, 11) is 0. The number of nitrogens with zero attached hydrogens (tertiary/aromatic N) is 1. The van der Waals surface area contributed by atoms with Crippen LogP contribution in [0.25, 0.3) is 0 Å². The lowest BCUT2D eigenvalue weighted by Crippen LogP contribution is -2.41. The van der Waals surface area contributed by atoms with E-state index in [4.69, 9.17) is 11.6 Å². The Kier molecular flexibility index (Phi) is 5.29. The maximum absolute atomic E-state index is 12.4. The van der Waals surface area contributed by atoms with Gasteiger partial charge in [-0.05, 0) is 30.2 Å². The number of benzene rings is 1. The molecule has 0 aliphatic carbocycles. The van der Waals surface area contributed by atoms with Gasteiger partial charge in [-0.15, -0.1) is 0 Å². The van der Waals surface area contributed by atoms with Gasteiger partial charge in [-0.3, -0.25) is 4.79 Å². The van der Waals surface area contributed by atoms with Gasteiger partial charge in [0.2, 0.25) is 5.91 Å². The standard InChI is InChI=1S/C16H22ClN3O2/c1-10(2)14-8-20(9-15(14)18-11(3)21)16(22)19-13-6-4-12(17)5-7-13/h4-7,10,14-15H,8-9H2,1-3H3,(H,18,21)(H,19,22)/t14-,15+/m0/s1. The van der Waals surface area contributed by atoms with Crippen LogP contribution in [0.3, 0.4) is 0 Å². The summed E-state index contributed by atoms with van der Waals surface area (Å²) in [6.07, 6.45) is 0. The molecule has 0 bridgehead atoms. The molecule has 1 aromatic rings. The third-order valence-corrected chi connectivity index (χ3v) is 4.24. The average molecular weight is 324 g/mol. The van der Waals surface area contributed by atoms with Crippen molar-refractivity contribution in [3.05, 3.63) is 29.3 Å². The van der Waals surface area contributed by atoms with Crippen LogP contribution in [0.4, 0.5) is 10.5 Å². The average Bonchev–Trinajstić information content (AvgIpc) is 2.84. The van der Waals surface area contributed by atoms with Crippen molar-refractivity contribution in [2.45, 2.75) is 26.8 Å². The summed E-state index contributed by atoms with van der Waals surface area (Å²) < 4.78 is 0. The molecule has 6 heteroatoms. The van der Waals surface area contributed by atoms with E-state index in [2.05, 4.69) is 24.5 Å². The van der Waals surface area contributed by atoms with Crippen LogP contribution in [0, 0.1) is 11.8 Å². The fourth-order valence-electron chi connectivity index (χ4n) is 2.82. The number of nitrogens with one attached hydrogen (secondary N) is 2. The van der Waals surface area contributed by atoms with Crippen molar-refractivity contribution in [1.82, 2.24) is 10.2 Å². The first-order chi connectivity index (χ1) is 10.4. The van der Waals surface area contributed by atoms with Gasteiger partial charge in [0.05, 0.1) is 6.04 Å². The van der Waals surface area contributed by atoms with Crippen LogP contribution >= 0.6 is 11.6 Å². The van der Waals surface area contributed by atoms with Crippen molar-refractivity contribution in [2.24, 2.45) is 11.8 Å². The zero-order valence-corrected chi connectivity index (χ0v) is 13.9. The highest BCUT2D eigenvalue weighted by Crippen LogP contribution is 2.25. The topological polar surface area (TPSA) is 61.4 Å². The smallest absolute Gasteiger partial charge is 0.321 e. The number of hydrogen-bond acceptors (Lipinski definition) is 2. The predicted molar refractivity (Wildman–Crippen MR) is 88.0 cm³/mol. The summed E-state index contributed by atoms with van der Waals surface area (Å²) in [6, 6.07) is 6.86. The van der Waals surface area contributed by atoms with Crippen molar-refractivity contribution < 1.29 is 9.59 Å². The highest BCUT2D eigenvalue weighted by Gasteiger charge is 2.37. The van der Waals surface area contributed by atoms with Gasteiger partial charge in [-0.2, -0.15) is 0 Å². The quantitative estimate of drug-likeness (QED) is 0.898. The number of halogens is 1. The Bertz CT molecular complexity index is 545. The Balaban J connectivity index is 2.01. The lowest BCUT2D eigenvalue weighted by Gasteiger charge is -2.21. The minimum absolute atomic E-state index is 0.00784. The first kappa shape index (κ1) is 16.6. The molecule has 0 spiro atoms. The number of hydrogen-bond donors (Lipinski definition) is 2. The number of urea groups is 1. The maximum Gasteiger partial charge on any atom is 0.321 e. The van der Waals surface area contributed by atoms with Crippen molar-refractivity contribution in [3.63, 3.8) is 0 Å². The lowest BCUT2D eigenvalue weighted by molar-refractivity contribution is -0.119. The normalized spacial score (nSPS) is 21.0. The van der Waals surface area contributed by atoms with E-state index in [1.165, 1.54) is 6.92 Å². The van der Waals surface area contributed by atoms with Gasteiger partial charge in [-0.1, -0.05) is 25.4 Å². The van der Waals surface area contributed by atoms with Crippen LogP contribution in [-0.4, -0.2) is 36.0 Å². The molecule has 1 heterocycles. The molecule has 0 unspecified atom stereocenters. The van der Waals surface area contributed by atoms with Crippen molar-refractivity contribution in [1.29, 1.82) is 0 Å². The third-order valence-electron chi connectivity index (χ3n) is 3.99. The molecule has 0 saturated carbocycles. The summed E-state index contributed by atoms with van der Waals surface area (Å²) in [5.41, 5.74) is 0.707. The highest BCUT2D eigenvalue weighted by molar-refractivity contribution is 6.30. The van der Waals surface area contributed by atoms with Crippen LogP contribution in [0.5, 0.6) is 0 Å². The molecular formula is C16H22ClN3O2. The predicted octanol–water partition coefficient (Wildman–Crippen LogP) is 2.96. The third kappa shape index (κ3) is 4.13. The second-order valence-corrected chi connectivity index (χ2v) is 6.49. The van der Waals surface area contributed by atoms with Crippen LogP contribution in [-0.2, 0) is 4.79 Å². The summed E-state index contributed by atoms with van der Waals surface area (Å²) in [5, 5.41) is 6.44. The molecule has 120 valence electrons. The Morgan fingerprint density at radius 2 is 1.86 bits per heavy atom. The van der Waals surface area contributed by atoms with Gasteiger partial charge < -0.3 is 15.5 Å². The highest BCUT2D eigenvalue weighted by atomic mass is 35.5. The fourth-order valence-corrected chi connectivity index (χ4v) is 2.95. The van der Waals surface area contributed by atoms with Crippen molar-refractivity contribution in [3.8, 4) is 0 Å². The molecule has 2 rings (SSSR count). The summed E-state index contributed by atoms with van der Waals surface area (Å²) in [6.45, 7) is 6.90. The van der Waals surface area contributed by atoms with Gasteiger partial charge in [0.1, 0.15) is 0 Å². The largest absolute Gasteiger partial charge is 0.351 e. The molecule has 0 radical (unpaired) electrons. The molecule has 1 aliphatic rings. The molecule has 1 aliphatic heterocycles. The molecule has 5 nitrogen and oxygen atoms in total. The van der Waals surface area contributed by atoms with Crippen LogP contribution < -0.4 is 10.6 Å². The number of amides is 3. The molecule has 0 aromatic heterocycles. The Morgan fingerprint density at radius 3 is 2.41 bits per heavy atom. The summed E-state index contributed by atoms with van der Waals surface area (Å²) in [5.74, 6) is 0.598. The van der Waals surface area contributed by atoms with Gasteiger partial charge >= 0.3 is 6.03 Å². The molecule has 2 atom stereocenters. The van der Waals surface area contributed by atoms with E-state index in [9.17, 15) is 9.59 Å². The first-order valence-electron chi connectivity index (χ1n) is 7.45. The van der Waals surface area contributed by atoms with Gasteiger partial charge in [0.15, 0.2) is 0 Å². The minimum Gasteiger partial charge on any atom is -0.351 e. The zero-order valence-electron chi connectivity index (χ0n) is 13.1. The molecule has 1 saturated heterocycles. The summed E-state index contributed by atoms with van der Waals surface area (Å²) >= 11 is 5.83. The second kappa shape index (κ2) is 7.01. The molecular weight excluding hydrogens is 302 g/mol. The Hall–Kier alpha value is -1.75. The second-order valence-electron chi connectivity index (χ2n) is 6.06. The van der Waals surface area contributed by atoms with Crippen LogP contribution in [0.2, 0.25) is 5.02 Å². The maximum atomic E-state index is 12.4. The molecule has 2 N–H and O–H groups in total. The molecule has 1 fully saturated rings. The number of rotatable bonds is 3. The monoisotopic (exact) mass is 323 g/mol. The molecule has 22 heavy (non-hydrogen) atoms. The molecule has 1 aromatic carbocycles. The van der Waals surface area contributed by atoms with E-state index < -0.39 is 0 Å². The Labute approximate surface area is 136 Å². The van der Waals surface area contributed by atoms with E-state index >= 15 is 0 Å². The van der Waals surface area contributed by atoms with Crippen LogP contribution in [0.1, 0.15) is 20.8 Å². The van der Waals surface area contributed by atoms with Crippen LogP contribution in [0.15, 0.2) is 24.3 Å². The lowest BCUT2D eigenvalue weighted by atomic mass is 9.91. The molecule has 3 amide bonds. The number of anilines is 1. The van der Waals surface area contributed by atoms with E-state index in [0.717, 1.165) is 0 Å². The number of likely N-dealkylation sites (tertiary alicyclic amines) is 1. The van der Waals surface area contributed by atoms with Crippen molar-refractivity contribution in [2.75, 3.05) is 18.4 Å². The SMILES string of the molecule is CC(=O)N[C@@H]1CN(C(=O)Nc2ccc(Cl)cc2)C[C@H]1C(C)C. The van der Waals surface area contributed by atoms with Gasteiger partial charge in [0.25, 0.3) is 0 Å². The van der Waals surface area contributed by atoms with Gasteiger partial charge in [-0.25, -0.2) is 4.79 Å². The first-order valence-corrected chi connectivity index (χ1v) is 7.83. The number of carbonyl (C=O) groups excluding carboxylic acids is 2. The minimum atomic E-state index is -0.152. The van der Waals surface area contributed by atoms with Crippen molar-refractivity contribution >= 4 is 29.2 Å². The fraction of sp³-hybridized carbons (Fsp3) is 0.500. The van der Waals surface area contributed by atoms with E-state index in [1.807, 2.05) is 0 Å². The zero-order chi connectivity index (χ0) is 16.3. The van der Waals surface area contributed by atoms with E-state index in [-0.39, 0.29) is 23.9 Å². The van der Waals surface area contributed by atoms with E-state index in [1.54, 1.807) is 29.2 Å². The van der Waals surface area contributed by atoms with E-state index in [0.29, 0.717) is 29.7 Å².